The molecule has 0 bridgehead atoms. The number of hydrogen-bond donors (Lipinski definition) is 1. The van der Waals surface area contributed by atoms with Crippen LogP contribution in [0.2, 0.25) is 0 Å². The summed E-state index contributed by atoms with van der Waals surface area (Å²) in [5.74, 6) is 3.22. The maximum Gasteiger partial charge on any atom is 0.231 e. The Balaban J connectivity index is 1.72. The highest BCUT2D eigenvalue weighted by Gasteiger charge is 2.26. The second-order valence-electron chi connectivity index (χ2n) is 5.08. The topological polar surface area (TPSA) is 44.5 Å². The predicted molar refractivity (Wildman–Crippen MR) is 66.2 cm³/mol. The second-order valence-corrected chi connectivity index (χ2v) is 5.08. The molecule has 92 valence electrons. The van der Waals surface area contributed by atoms with Crippen LogP contribution in [0.15, 0.2) is 18.2 Å². The number of fused-ring (bicyclic) bond motifs is 1. The highest BCUT2D eigenvalue weighted by molar-refractivity contribution is 5.44. The summed E-state index contributed by atoms with van der Waals surface area (Å²) >= 11 is 0. The van der Waals surface area contributed by atoms with Crippen LogP contribution in [0, 0.1) is 11.8 Å². The molecule has 0 saturated heterocycles. The lowest BCUT2D eigenvalue weighted by atomic mass is 9.89. The van der Waals surface area contributed by atoms with E-state index >= 15 is 0 Å². The molecule has 2 atom stereocenters. The smallest absolute Gasteiger partial charge is 0.231 e. The van der Waals surface area contributed by atoms with Crippen LogP contribution in [0.25, 0.3) is 0 Å². The molecule has 17 heavy (non-hydrogen) atoms. The zero-order chi connectivity index (χ0) is 11.7. The first kappa shape index (κ1) is 10.9. The molecule has 1 fully saturated rings. The van der Waals surface area contributed by atoms with Crippen molar-refractivity contribution in [3.63, 3.8) is 0 Å². The van der Waals surface area contributed by atoms with E-state index in [0.29, 0.717) is 12.7 Å². The van der Waals surface area contributed by atoms with Gasteiger partial charge in [0.05, 0.1) is 0 Å². The second kappa shape index (κ2) is 4.57. The summed E-state index contributed by atoms with van der Waals surface area (Å²) in [6, 6.07) is 6.29. The number of ether oxygens (including phenoxy) is 2. The molecule has 1 aliphatic heterocycles. The molecule has 3 rings (SSSR count). The van der Waals surface area contributed by atoms with Crippen LogP contribution in [0.5, 0.6) is 11.5 Å². The van der Waals surface area contributed by atoms with Crippen molar-refractivity contribution < 1.29 is 9.47 Å². The summed E-state index contributed by atoms with van der Waals surface area (Å²) in [5.41, 5.74) is 7.17. The average molecular weight is 233 g/mol. The molecule has 3 nitrogen and oxygen atoms in total. The molecular formula is C14H19NO2. The van der Waals surface area contributed by atoms with Crippen molar-refractivity contribution in [1.29, 1.82) is 0 Å². The third kappa shape index (κ3) is 2.12. The summed E-state index contributed by atoms with van der Waals surface area (Å²) in [6.07, 6.45) is 5.07. The average Bonchev–Trinajstić information content (AvgIpc) is 2.96. The Labute approximate surface area is 102 Å². The summed E-state index contributed by atoms with van der Waals surface area (Å²) in [7, 11) is 0. The molecule has 1 heterocycles. The van der Waals surface area contributed by atoms with Gasteiger partial charge < -0.3 is 15.2 Å². The van der Waals surface area contributed by atoms with Crippen LogP contribution < -0.4 is 15.2 Å². The van der Waals surface area contributed by atoms with Crippen molar-refractivity contribution >= 4 is 0 Å². The van der Waals surface area contributed by atoms with Gasteiger partial charge in [0.25, 0.3) is 0 Å². The molecule has 2 unspecified atom stereocenters. The van der Waals surface area contributed by atoms with Gasteiger partial charge in [-0.2, -0.15) is 0 Å². The largest absolute Gasteiger partial charge is 0.454 e. The van der Waals surface area contributed by atoms with Crippen LogP contribution in [0.4, 0.5) is 0 Å². The van der Waals surface area contributed by atoms with Crippen molar-refractivity contribution in [3.8, 4) is 11.5 Å². The van der Waals surface area contributed by atoms with Gasteiger partial charge >= 0.3 is 0 Å². The summed E-state index contributed by atoms with van der Waals surface area (Å²) in [5, 5.41) is 0. The third-order valence-corrected chi connectivity index (χ3v) is 4.05. The van der Waals surface area contributed by atoms with Gasteiger partial charge in [-0.3, -0.25) is 0 Å². The lowest BCUT2D eigenvalue weighted by molar-refractivity contribution is 0.174. The van der Waals surface area contributed by atoms with Gasteiger partial charge in [-0.05, 0) is 55.3 Å². The van der Waals surface area contributed by atoms with E-state index in [4.69, 9.17) is 15.2 Å². The van der Waals surface area contributed by atoms with Crippen molar-refractivity contribution in [2.45, 2.75) is 25.7 Å². The van der Waals surface area contributed by atoms with E-state index in [1.54, 1.807) is 0 Å². The van der Waals surface area contributed by atoms with Crippen molar-refractivity contribution in [1.82, 2.24) is 0 Å². The third-order valence-electron chi connectivity index (χ3n) is 4.05. The zero-order valence-corrected chi connectivity index (χ0v) is 10.0. The van der Waals surface area contributed by atoms with Crippen LogP contribution >= 0.6 is 0 Å². The molecule has 1 aliphatic carbocycles. The highest BCUT2D eigenvalue weighted by atomic mass is 16.7. The molecule has 0 aromatic heterocycles. The molecule has 0 spiro atoms. The van der Waals surface area contributed by atoms with Gasteiger partial charge in [0, 0.05) is 0 Å². The molecule has 2 aliphatic rings. The Bertz CT molecular complexity index is 405. The maximum absolute atomic E-state index is 5.82. The van der Waals surface area contributed by atoms with E-state index in [2.05, 4.69) is 12.1 Å². The van der Waals surface area contributed by atoms with Crippen molar-refractivity contribution in [3.05, 3.63) is 23.8 Å². The van der Waals surface area contributed by atoms with E-state index in [1.165, 1.54) is 24.8 Å². The number of benzene rings is 1. The molecular weight excluding hydrogens is 214 g/mol. The Hall–Kier alpha value is -1.22. The molecule has 3 heteroatoms. The molecule has 1 aromatic rings. The summed E-state index contributed by atoms with van der Waals surface area (Å²) in [4.78, 5) is 0. The Morgan fingerprint density at radius 3 is 2.82 bits per heavy atom. The van der Waals surface area contributed by atoms with Crippen LogP contribution in [-0.2, 0) is 6.42 Å². The van der Waals surface area contributed by atoms with E-state index in [1.807, 2.05) is 6.07 Å². The van der Waals surface area contributed by atoms with Crippen molar-refractivity contribution in [2.24, 2.45) is 17.6 Å². The molecule has 1 aromatic carbocycles. The van der Waals surface area contributed by atoms with Gasteiger partial charge in [-0.25, -0.2) is 0 Å². The van der Waals surface area contributed by atoms with Gasteiger partial charge in [0.2, 0.25) is 6.79 Å². The normalized spacial score (nSPS) is 26.4. The molecule has 0 amide bonds. The molecule has 2 N–H and O–H groups in total. The summed E-state index contributed by atoms with van der Waals surface area (Å²) in [6.45, 7) is 1.18. The first-order valence-electron chi connectivity index (χ1n) is 6.45. The quantitative estimate of drug-likeness (QED) is 0.871. The fourth-order valence-corrected chi connectivity index (χ4v) is 3.06. The van der Waals surface area contributed by atoms with Gasteiger partial charge in [-0.1, -0.05) is 12.5 Å². The van der Waals surface area contributed by atoms with E-state index < -0.39 is 0 Å². The van der Waals surface area contributed by atoms with Gasteiger partial charge in [0.1, 0.15) is 0 Å². The fourth-order valence-electron chi connectivity index (χ4n) is 3.06. The van der Waals surface area contributed by atoms with Crippen LogP contribution in [0.1, 0.15) is 24.8 Å². The standard InChI is InChI=1S/C14H19NO2/c15-8-12-3-1-2-11(12)6-10-4-5-13-14(7-10)17-9-16-13/h4-5,7,11-12H,1-3,6,8-9,15H2. The predicted octanol–water partition coefficient (Wildman–Crippen LogP) is 2.33. The Kier molecular flexibility index (Phi) is 2.93. The molecule has 0 radical (unpaired) electrons. The van der Waals surface area contributed by atoms with Gasteiger partial charge in [0.15, 0.2) is 11.5 Å². The van der Waals surface area contributed by atoms with Gasteiger partial charge in [-0.15, -0.1) is 0 Å². The maximum atomic E-state index is 5.82. The minimum Gasteiger partial charge on any atom is -0.454 e. The van der Waals surface area contributed by atoms with Crippen molar-refractivity contribution in [2.75, 3.05) is 13.3 Å². The first-order valence-corrected chi connectivity index (χ1v) is 6.45. The summed E-state index contributed by atoms with van der Waals surface area (Å²) < 4.78 is 10.7. The zero-order valence-electron chi connectivity index (χ0n) is 10.0. The lowest BCUT2D eigenvalue weighted by Gasteiger charge is -2.17. The minimum atomic E-state index is 0.355. The lowest BCUT2D eigenvalue weighted by Crippen LogP contribution is -2.20. The van der Waals surface area contributed by atoms with E-state index in [-0.39, 0.29) is 0 Å². The van der Waals surface area contributed by atoms with E-state index in [9.17, 15) is 0 Å². The number of rotatable bonds is 3. The number of nitrogens with two attached hydrogens (primary N) is 1. The van der Waals surface area contributed by atoms with Crippen LogP contribution in [0.3, 0.4) is 0 Å². The highest BCUT2D eigenvalue weighted by Crippen LogP contribution is 2.37. The Morgan fingerprint density at radius 1 is 1.12 bits per heavy atom. The Morgan fingerprint density at radius 2 is 1.94 bits per heavy atom. The molecule has 1 saturated carbocycles. The monoisotopic (exact) mass is 233 g/mol. The first-order chi connectivity index (χ1) is 8.36. The fraction of sp³-hybridized carbons (Fsp3) is 0.571. The van der Waals surface area contributed by atoms with E-state index in [0.717, 1.165) is 30.4 Å². The number of hydrogen-bond acceptors (Lipinski definition) is 3. The minimum absolute atomic E-state index is 0.355. The van der Waals surface area contributed by atoms with Crippen LogP contribution in [-0.4, -0.2) is 13.3 Å². The SMILES string of the molecule is NCC1CCCC1Cc1ccc2c(c1)OCO2.